The number of amides is 1. The maximum absolute atomic E-state index is 12.0. The second-order valence-electron chi connectivity index (χ2n) is 5.54. The van der Waals surface area contributed by atoms with E-state index in [-0.39, 0.29) is 5.91 Å². The molecule has 0 aliphatic carbocycles. The molecule has 1 aromatic carbocycles. The van der Waals surface area contributed by atoms with Crippen molar-refractivity contribution in [1.82, 2.24) is 0 Å². The van der Waals surface area contributed by atoms with Gasteiger partial charge in [-0.3, -0.25) is 9.52 Å². The number of benzene rings is 1. The van der Waals surface area contributed by atoms with E-state index in [1.807, 2.05) is 13.0 Å². The average molecular weight is 310 g/mol. The molecule has 1 heterocycles. The predicted molar refractivity (Wildman–Crippen MR) is 85.1 cm³/mol. The molecule has 1 aromatic rings. The molecule has 21 heavy (non-hydrogen) atoms. The van der Waals surface area contributed by atoms with Gasteiger partial charge in [-0.1, -0.05) is 13.0 Å². The zero-order valence-corrected chi connectivity index (χ0v) is 13.5. The molecule has 0 unspecified atom stereocenters. The van der Waals surface area contributed by atoms with Crippen LogP contribution in [-0.4, -0.2) is 26.1 Å². The molecule has 0 saturated carbocycles. The summed E-state index contributed by atoms with van der Waals surface area (Å²) in [5.41, 5.74) is 2.44. The number of hydrogen-bond donors (Lipinski definition) is 1. The lowest BCUT2D eigenvalue weighted by atomic mass is 10.0. The minimum atomic E-state index is -3.37. The lowest BCUT2D eigenvalue weighted by Crippen LogP contribution is -2.35. The van der Waals surface area contributed by atoms with E-state index in [0.717, 1.165) is 24.1 Å². The number of anilines is 2. The van der Waals surface area contributed by atoms with Crippen LogP contribution in [-0.2, 0) is 21.2 Å². The molecular weight excluding hydrogens is 288 g/mol. The Balaban J connectivity index is 2.35. The van der Waals surface area contributed by atoms with Gasteiger partial charge in [0, 0.05) is 18.7 Å². The summed E-state index contributed by atoms with van der Waals surface area (Å²) in [5.74, 6) is 0.0693. The first-order valence-corrected chi connectivity index (χ1v) is 8.84. The molecule has 0 spiro atoms. The molecule has 6 heteroatoms. The molecular formula is C15H22N2O3S. The van der Waals surface area contributed by atoms with Crippen molar-refractivity contribution >= 4 is 27.3 Å². The van der Waals surface area contributed by atoms with Crippen LogP contribution in [0.2, 0.25) is 0 Å². The number of carbonyl (C=O) groups excluding carboxylic acids is 1. The number of rotatable bonds is 4. The average Bonchev–Trinajstić information content (AvgIpc) is 2.45. The highest BCUT2D eigenvalue weighted by atomic mass is 32.2. The van der Waals surface area contributed by atoms with Crippen LogP contribution in [0.1, 0.15) is 39.2 Å². The third-order valence-electron chi connectivity index (χ3n) is 3.69. The Hall–Kier alpha value is -1.56. The van der Waals surface area contributed by atoms with Crippen LogP contribution in [0, 0.1) is 0 Å². The molecule has 1 amide bonds. The quantitative estimate of drug-likeness (QED) is 0.929. The van der Waals surface area contributed by atoms with Gasteiger partial charge in [0.2, 0.25) is 15.9 Å². The van der Waals surface area contributed by atoms with Gasteiger partial charge in [-0.05, 0) is 44.4 Å². The number of nitrogens with zero attached hydrogens (tertiary/aromatic N) is 1. The lowest BCUT2D eigenvalue weighted by Gasteiger charge is -2.30. The van der Waals surface area contributed by atoms with Gasteiger partial charge in [-0.15, -0.1) is 0 Å². The Morgan fingerprint density at radius 3 is 2.71 bits per heavy atom. The zero-order chi connectivity index (χ0) is 15.6. The molecule has 0 atom stereocenters. The first-order chi connectivity index (χ1) is 9.85. The van der Waals surface area contributed by atoms with E-state index >= 15 is 0 Å². The summed E-state index contributed by atoms with van der Waals surface area (Å²) in [6.45, 7) is 5.79. The van der Waals surface area contributed by atoms with Gasteiger partial charge in [0.05, 0.1) is 10.9 Å². The molecule has 1 aliphatic rings. The maximum Gasteiger partial charge on any atom is 0.235 e. The summed E-state index contributed by atoms with van der Waals surface area (Å²) in [6, 6.07) is 5.43. The number of aryl methyl sites for hydroxylation is 1. The number of sulfonamides is 1. The van der Waals surface area contributed by atoms with E-state index in [1.165, 1.54) is 0 Å². The molecule has 5 nitrogen and oxygen atoms in total. The maximum atomic E-state index is 12.0. The van der Waals surface area contributed by atoms with Crippen LogP contribution in [0.3, 0.4) is 0 Å². The van der Waals surface area contributed by atoms with Crippen LogP contribution < -0.4 is 9.62 Å². The van der Waals surface area contributed by atoms with Crippen LogP contribution in [0.15, 0.2) is 18.2 Å². The lowest BCUT2D eigenvalue weighted by molar-refractivity contribution is -0.118. The molecule has 2 rings (SSSR count). The summed E-state index contributed by atoms with van der Waals surface area (Å²) in [6.07, 6.45) is 2.30. The number of hydrogen-bond acceptors (Lipinski definition) is 3. The smallest absolute Gasteiger partial charge is 0.235 e. The Bertz CT molecular complexity index is 638. The normalized spacial score (nSPS) is 15.0. The van der Waals surface area contributed by atoms with Crippen molar-refractivity contribution in [1.29, 1.82) is 0 Å². The van der Waals surface area contributed by atoms with Crippen LogP contribution >= 0.6 is 0 Å². The van der Waals surface area contributed by atoms with E-state index in [4.69, 9.17) is 0 Å². The first-order valence-electron chi connectivity index (χ1n) is 7.30. The van der Waals surface area contributed by atoms with E-state index in [1.54, 1.807) is 30.9 Å². The highest BCUT2D eigenvalue weighted by Gasteiger charge is 2.23. The topological polar surface area (TPSA) is 66.5 Å². The Kier molecular flexibility index (Phi) is 4.56. The Labute approximate surface area is 126 Å². The molecule has 0 bridgehead atoms. The van der Waals surface area contributed by atoms with Gasteiger partial charge in [-0.25, -0.2) is 8.42 Å². The minimum absolute atomic E-state index is 0.0693. The molecule has 0 aromatic heterocycles. The highest BCUT2D eigenvalue weighted by Crippen LogP contribution is 2.31. The third-order valence-corrected chi connectivity index (χ3v) is 5.45. The third kappa shape index (κ3) is 3.37. The largest absolute Gasteiger partial charge is 0.312 e. The van der Waals surface area contributed by atoms with Gasteiger partial charge >= 0.3 is 0 Å². The SMILES string of the molecule is CCC(=O)N1CCCc2ccc(NS(=O)(=O)C(C)C)cc21. The fraction of sp³-hybridized carbons (Fsp3) is 0.533. The minimum Gasteiger partial charge on any atom is -0.312 e. The van der Waals surface area contributed by atoms with Crippen molar-refractivity contribution < 1.29 is 13.2 Å². The second kappa shape index (κ2) is 6.05. The summed E-state index contributed by atoms with van der Waals surface area (Å²) >= 11 is 0. The zero-order valence-electron chi connectivity index (χ0n) is 12.7. The number of fused-ring (bicyclic) bond motifs is 1. The second-order valence-corrected chi connectivity index (χ2v) is 7.78. The van der Waals surface area contributed by atoms with Crippen molar-refractivity contribution in [3.05, 3.63) is 23.8 Å². The monoisotopic (exact) mass is 310 g/mol. The standard InChI is InChI=1S/C15H22N2O3S/c1-4-15(18)17-9-5-6-12-7-8-13(10-14(12)17)16-21(19,20)11(2)3/h7-8,10-11,16H,4-6,9H2,1-3H3. The molecule has 1 aliphatic heterocycles. The van der Waals surface area contributed by atoms with Crippen LogP contribution in [0.5, 0.6) is 0 Å². The van der Waals surface area contributed by atoms with E-state index in [9.17, 15) is 13.2 Å². The van der Waals surface area contributed by atoms with Crippen molar-refractivity contribution in [2.24, 2.45) is 0 Å². The Morgan fingerprint density at radius 2 is 2.10 bits per heavy atom. The molecule has 1 N–H and O–H groups in total. The van der Waals surface area contributed by atoms with Gasteiger partial charge in [-0.2, -0.15) is 0 Å². The molecule has 0 saturated heterocycles. The van der Waals surface area contributed by atoms with E-state index in [2.05, 4.69) is 4.72 Å². The van der Waals surface area contributed by atoms with E-state index in [0.29, 0.717) is 18.7 Å². The summed E-state index contributed by atoms with van der Waals surface area (Å²) < 4.78 is 26.5. The van der Waals surface area contributed by atoms with Crippen molar-refractivity contribution in [3.63, 3.8) is 0 Å². The summed E-state index contributed by atoms with van der Waals surface area (Å²) in [5, 5.41) is -0.498. The van der Waals surface area contributed by atoms with Gasteiger partial charge in [0.25, 0.3) is 0 Å². The molecule has 116 valence electrons. The predicted octanol–water partition coefficient (Wildman–Crippen LogP) is 2.53. The Morgan fingerprint density at radius 1 is 1.38 bits per heavy atom. The first kappa shape index (κ1) is 15.8. The highest BCUT2D eigenvalue weighted by molar-refractivity contribution is 7.93. The summed E-state index contributed by atoms with van der Waals surface area (Å²) in [4.78, 5) is 13.8. The molecule has 0 radical (unpaired) electrons. The fourth-order valence-corrected chi connectivity index (χ4v) is 3.06. The fourth-order valence-electron chi connectivity index (χ4n) is 2.37. The number of nitrogens with one attached hydrogen (secondary N) is 1. The van der Waals surface area contributed by atoms with Crippen LogP contribution in [0.4, 0.5) is 11.4 Å². The van der Waals surface area contributed by atoms with Crippen LogP contribution in [0.25, 0.3) is 0 Å². The van der Waals surface area contributed by atoms with Crippen molar-refractivity contribution in [2.75, 3.05) is 16.2 Å². The molecule has 0 fully saturated rings. The number of carbonyl (C=O) groups is 1. The van der Waals surface area contributed by atoms with Gasteiger partial charge < -0.3 is 4.90 Å². The summed E-state index contributed by atoms with van der Waals surface area (Å²) in [7, 11) is -3.37. The van der Waals surface area contributed by atoms with Crippen molar-refractivity contribution in [3.8, 4) is 0 Å². The van der Waals surface area contributed by atoms with E-state index < -0.39 is 15.3 Å². The van der Waals surface area contributed by atoms with Gasteiger partial charge in [0.1, 0.15) is 0 Å². The van der Waals surface area contributed by atoms with Crippen molar-refractivity contribution in [2.45, 2.75) is 45.3 Å². The van der Waals surface area contributed by atoms with Gasteiger partial charge in [0.15, 0.2) is 0 Å².